The number of hydrogen-bond acceptors (Lipinski definition) is 5. The molecular formula is C20H12BrN3S2. The van der Waals surface area contributed by atoms with Crippen molar-refractivity contribution in [2.75, 3.05) is 4.90 Å². The van der Waals surface area contributed by atoms with E-state index in [2.05, 4.69) is 103 Å². The smallest absolute Gasteiger partial charge is 0.179 e. The lowest BCUT2D eigenvalue weighted by Crippen LogP contribution is -2.14. The van der Waals surface area contributed by atoms with Gasteiger partial charge in [0.2, 0.25) is 0 Å². The number of hydrogen-bond donors (Lipinski definition) is 0. The van der Waals surface area contributed by atoms with Crippen LogP contribution in [0.25, 0.3) is 11.4 Å². The molecule has 126 valence electrons. The molecule has 26 heavy (non-hydrogen) atoms. The molecule has 0 saturated heterocycles. The quantitative estimate of drug-likeness (QED) is 0.300. The van der Waals surface area contributed by atoms with Gasteiger partial charge < -0.3 is 4.90 Å². The van der Waals surface area contributed by atoms with E-state index < -0.39 is 0 Å². The molecule has 0 unspecified atom stereocenters. The Balaban J connectivity index is 1.62. The fourth-order valence-electron chi connectivity index (χ4n) is 3.06. The van der Waals surface area contributed by atoms with Gasteiger partial charge in [0.15, 0.2) is 9.74 Å². The molecule has 2 heterocycles. The fourth-order valence-corrected chi connectivity index (χ4v) is 4.94. The van der Waals surface area contributed by atoms with Gasteiger partial charge in [0.25, 0.3) is 0 Å². The summed E-state index contributed by atoms with van der Waals surface area (Å²) in [5.74, 6) is 0.753. The highest BCUT2D eigenvalue weighted by Crippen LogP contribution is 2.51. The highest BCUT2D eigenvalue weighted by Gasteiger charge is 2.24. The van der Waals surface area contributed by atoms with E-state index in [4.69, 9.17) is 0 Å². The molecule has 1 aliphatic heterocycles. The summed E-state index contributed by atoms with van der Waals surface area (Å²) in [6.07, 6.45) is 0. The first-order valence-corrected chi connectivity index (χ1v) is 10.4. The maximum absolute atomic E-state index is 4.40. The van der Waals surface area contributed by atoms with Crippen molar-refractivity contribution < 1.29 is 0 Å². The van der Waals surface area contributed by atoms with Crippen molar-refractivity contribution in [3.05, 3.63) is 76.7 Å². The highest BCUT2D eigenvalue weighted by atomic mass is 79.9. The normalized spacial score (nSPS) is 12.6. The van der Waals surface area contributed by atoms with Crippen molar-refractivity contribution in [1.82, 2.24) is 9.36 Å². The molecule has 5 rings (SSSR count). The Bertz CT molecular complexity index is 1050. The predicted octanol–water partition coefficient (Wildman–Crippen LogP) is 6.90. The van der Waals surface area contributed by atoms with E-state index in [-0.39, 0.29) is 0 Å². The van der Waals surface area contributed by atoms with Crippen LogP contribution in [0, 0.1) is 0 Å². The van der Waals surface area contributed by atoms with Gasteiger partial charge in [0.1, 0.15) is 0 Å². The number of para-hydroxylation sites is 2. The van der Waals surface area contributed by atoms with Gasteiger partial charge in [-0.25, -0.2) is 4.98 Å². The SMILES string of the molecule is Brc1nc(-c2ccc(N3c4ccccc4Sc4ccccc43)cc2)ns1. The molecule has 0 N–H and O–H groups in total. The van der Waals surface area contributed by atoms with Gasteiger partial charge in [-0.2, -0.15) is 4.37 Å². The molecule has 6 heteroatoms. The summed E-state index contributed by atoms with van der Waals surface area (Å²) in [4.78, 5) is 9.25. The van der Waals surface area contributed by atoms with Crippen LogP contribution in [0.3, 0.4) is 0 Å². The molecule has 0 radical (unpaired) electrons. The van der Waals surface area contributed by atoms with Crippen molar-refractivity contribution in [3.63, 3.8) is 0 Å². The average molecular weight is 438 g/mol. The monoisotopic (exact) mass is 437 g/mol. The molecule has 1 aromatic heterocycles. The van der Waals surface area contributed by atoms with E-state index in [1.165, 1.54) is 32.7 Å². The number of anilines is 3. The van der Waals surface area contributed by atoms with Gasteiger partial charge in [-0.05, 0) is 76.0 Å². The van der Waals surface area contributed by atoms with Crippen LogP contribution >= 0.6 is 39.2 Å². The largest absolute Gasteiger partial charge is 0.308 e. The summed E-state index contributed by atoms with van der Waals surface area (Å²) in [5.41, 5.74) is 4.56. The zero-order valence-corrected chi connectivity index (χ0v) is 16.7. The van der Waals surface area contributed by atoms with Crippen LogP contribution in [0.4, 0.5) is 17.1 Å². The Morgan fingerprint density at radius 2 is 1.38 bits per heavy atom. The van der Waals surface area contributed by atoms with E-state index in [9.17, 15) is 0 Å². The van der Waals surface area contributed by atoms with E-state index >= 15 is 0 Å². The van der Waals surface area contributed by atoms with Crippen molar-refractivity contribution in [3.8, 4) is 11.4 Å². The maximum atomic E-state index is 4.40. The van der Waals surface area contributed by atoms with Crippen molar-refractivity contribution in [1.29, 1.82) is 0 Å². The number of halogens is 1. The third-order valence-electron chi connectivity index (χ3n) is 4.22. The zero-order chi connectivity index (χ0) is 17.5. The minimum atomic E-state index is 0.753. The van der Waals surface area contributed by atoms with Gasteiger partial charge in [-0.3, -0.25) is 0 Å². The molecule has 3 aromatic carbocycles. The van der Waals surface area contributed by atoms with Crippen LogP contribution in [0.5, 0.6) is 0 Å². The van der Waals surface area contributed by atoms with Crippen LogP contribution in [0.2, 0.25) is 0 Å². The van der Waals surface area contributed by atoms with Crippen molar-refractivity contribution in [2.24, 2.45) is 0 Å². The predicted molar refractivity (Wildman–Crippen MR) is 112 cm³/mol. The molecule has 3 nitrogen and oxygen atoms in total. The molecular weight excluding hydrogens is 426 g/mol. The summed E-state index contributed by atoms with van der Waals surface area (Å²) in [5, 5.41) is 0. The van der Waals surface area contributed by atoms with Crippen LogP contribution in [0.15, 0.2) is 86.5 Å². The lowest BCUT2D eigenvalue weighted by Gasteiger charge is -2.32. The number of aromatic nitrogens is 2. The third kappa shape index (κ3) is 2.74. The van der Waals surface area contributed by atoms with Gasteiger partial charge in [-0.15, -0.1) is 0 Å². The minimum absolute atomic E-state index is 0.753. The first kappa shape index (κ1) is 16.1. The molecule has 1 aliphatic rings. The second kappa shape index (κ2) is 6.54. The van der Waals surface area contributed by atoms with Gasteiger partial charge in [-0.1, -0.05) is 36.0 Å². The minimum Gasteiger partial charge on any atom is -0.308 e. The number of fused-ring (bicyclic) bond motifs is 2. The molecule has 0 spiro atoms. The summed E-state index contributed by atoms with van der Waals surface area (Å²) in [6.45, 7) is 0. The Morgan fingerprint density at radius 3 is 1.96 bits per heavy atom. The van der Waals surface area contributed by atoms with E-state index in [0.29, 0.717) is 0 Å². The van der Waals surface area contributed by atoms with Gasteiger partial charge >= 0.3 is 0 Å². The summed E-state index contributed by atoms with van der Waals surface area (Å²) < 4.78 is 5.17. The van der Waals surface area contributed by atoms with Crippen molar-refractivity contribution in [2.45, 2.75) is 9.79 Å². The number of nitrogens with zero attached hydrogens (tertiary/aromatic N) is 3. The summed E-state index contributed by atoms with van der Waals surface area (Å²) in [7, 11) is 0. The van der Waals surface area contributed by atoms with E-state index in [0.717, 1.165) is 21.0 Å². The Morgan fingerprint density at radius 1 is 0.769 bits per heavy atom. The average Bonchev–Trinajstić information content (AvgIpc) is 3.12. The number of benzene rings is 3. The van der Waals surface area contributed by atoms with Crippen molar-refractivity contribution >= 4 is 56.3 Å². The number of rotatable bonds is 2. The topological polar surface area (TPSA) is 29.0 Å². The Labute approximate surface area is 168 Å². The maximum Gasteiger partial charge on any atom is 0.179 e. The standard InChI is InChI=1S/C20H12BrN3S2/c21-20-22-19(23-26-20)13-9-11-14(12-10-13)24-15-5-1-3-7-17(15)25-18-8-4-2-6-16(18)24/h1-12H. The molecule has 0 bridgehead atoms. The fraction of sp³-hybridized carbons (Fsp3) is 0. The van der Waals surface area contributed by atoms with Crippen LogP contribution in [-0.2, 0) is 0 Å². The molecule has 0 aliphatic carbocycles. The molecule has 0 saturated carbocycles. The second-order valence-electron chi connectivity index (χ2n) is 5.79. The zero-order valence-electron chi connectivity index (χ0n) is 13.5. The van der Waals surface area contributed by atoms with E-state index in [1.54, 1.807) is 0 Å². The van der Waals surface area contributed by atoms with Gasteiger partial charge in [0, 0.05) is 21.0 Å². The second-order valence-corrected chi connectivity index (χ2v) is 8.90. The Hall–Kier alpha value is -2.15. The summed E-state index contributed by atoms with van der Waals surface area (Å²) in [6, 6.07) is 25.5. The van der Waals surface area contributed by atoms with Crippen LogP contribution in [-0.4, -0.2) is 9.36 Å². The Kier molecular flexibility index (Phi) is 4.04. The van der Waals surface area contributed by atoms with Crippen LogP contribution in [0.1, 0.15) is 0 Å². The first-order valence-electron chi connectivity index (χ1n) is 8.05. The third-order valence-corrected chi connectivity index (χ3v) is 6.47. The molecule has 4 aromatic rings. The summed E-state index contributed by atoms with van der Waals surface area (Å²) >= 11 is 6.55. The lowest BCUT2D eigenvalue weighted by molar-refractivity contribution is 1.16. The van der Waals surface area contributed by atoms with Gasteiger partial charge in [0.05, 0.1) is 11.4 Å². The molecule has 0 fully saturated rings. The molecule has 0 amide bonds. The first-order chi connectivity index (χ1) is 12.8. The highest BCUT2D eigenvalue weighted by molar-refractivity contribution is 9.11. The van der Waals surface area contributed by atoms with E-state index in [1.807, 2.05) is 11.8 Å². The lowest BCUT2D eigenvalue weighted by atomic mass is 10.1. The molecule has 0 atom stereocenters. The van der Waals surface area contributed by atoms with Crippen LogP contribution < -0.4 is 4.90 Å².